The fourth-order valence-electron chi connectivity index (χ4n) is 2.06. The van der Waals surface area contributed by atoms with Crippen LogP contribution in [0.1, 0.15) is 29.1 Å². The number of nitrogens with one attached hydrogen (secondary N) is 1. The van der Waals surface area contributed by atoms with Crippen molar-refractivity contribution in [2.45, 2.75) is 26.3 Å². The molecule has 1 amide bonds. The molecule has 0 aromatic carbocycles. The molecule has 1 fully saturated rings. The van der Waals surface area contributed by atoms with Gasteiger partial charge in [0.2, 0.25) is 0 Å². The number of piperazine rings is 1. The maximum Gasteiger partial charge on any atom is 0.264 e. The molecule has 0 spiro atoms. The Kier molecular flexibility index (Phi) is 5.43. The second-order valence-corrected chi connectivity index (χ2v) is 5.15. The highest BCUT2D eigenvalue weighted by Crippen LogP contribution is 2.20. The zero-order valence-electron chi connectivity index (χ0n) is 10.2. The first kappa shape index (κ1) is 14.5. The van der Waals surface area contributed by atoms with Gasteiger partial charge in [0, 0.05) is 25.7 Å². The first-order chi connectivity index (χ1) is 7.72. The number of carbonyl (C=O) groups excluding carboxylic acids is 1. The third-order valence-corrected chi connectivity index (χ3v) is 3.92. The zero-order chi connectivity index (χ0) is 11.5. The van der Waals surface area contributed by atoms with Gasteiger partial charge < -0.3 is 10.2 Å². The lowest BCUT2D eigenvalue weighted by Gasteiger charge is -2.31. The van der Waals surface area contributed by atoms with Crippen molar-refractivity contribution in [3.63, 3.8) is 0 Å². The Morgan fingerprint density at radius 2 is 2.41 bits per heavy atom. The number of carbonyl (C=O) groups is 1. The van der Waals surface area contributed by atoms with E-state index in [-0.39, 0.29) is 18.3 Å². The number of nitrogens with zero attached hydrogens (tertiary/aromatic N) is 1. The Morgan fingerprint density at radius 3 is 3.06 bits per heavy atom. The Balaban J connectivity index is 0.00000144. The minimum atomic E-state index is 0. The van der Waals surface area contributed by atoms with E-state index in [0.29, 0.717) is 6.04 Å². The summed E-state index contributed by atoms with van der Waals surface area (Å²) >= 11 is 1.57. The average Bonchev–Trinajstić information content (AvgIpc) is 2.76. The Morgan fingerprint density at radius 1 is 1.65 bits per heavy atom. The van der Waals surface area contributed by atoms with Crippen molar-refractivity contribution in [1.29, 1.82) is 0 Å². The largest absolute Gasteiger partial charge is 0.335 e. The van der Waals surface area contributed by atoms with Crippen molar-refractivity contribution in [3.8, 4) is 0 Å². The van der Waals surface area contributed by atoms with Crippen molar-refractivity contribution in [3.05, 3.63) is 21.9 Å². The molecule has 0 aliphatic carbocycles. The van der Waals surface area contributed by atoms with E-state index in [1.807, 2.05) is 10.3 Å². The van der Waals surface area contributed by atoms with Gasteiger partial charge in [-0.3, -0.25) is 4.79 Å². The molecular weight excluding hydrogens is 256 g/mol. The quantitative estimate of drug-likeness (QED) is 0.896. The van der Waals surface area contributed by atoms with Crippen LogP contribution in [0.15, 0.2) is 11.4 Å². The van der Waals surface area contributed by atoms with Gasteiger partial charge in [-0.15, -0.1) is 23.7 Å². The Hall–Kier alpha value is -0.580. The third-order valence-electron chi connectivity index (χ3n) is 2.98. The molecule has 1 aliphatic rings. The molecule has 1 N–H and O–H groups in total. The summed E-state index contributed by atoms with van der Waals surface area (Å²) in [5.74, 6) is 0.209. The smallest absolute Gasteiger partial charge is 0.264 e. The normalized spacial score (nSPS) is 19.9. The highest BCUT2D eigenvalue weighted by Gasteiger charge is 2.23. The number of thiophene rings is 1. The molecule has 1 aliphatic heterocycles. The van der Waals surface area contributed by atoms with Gasteiger partial charge in [0.1, 0.15) is 0 Å². The van der Waals surface area contributed by atoms with Gasteiger partial charge in [-0.25, -0.2) is 0 Å². The first-order valence-corrected chi connectivity index (χ1v) is 6.69. The summed E-state index contributed by atoms with van der Waals surface area (Å²) in [7, 11) is 0. The minimum absolute atomic E-state index is 0. The molecule has 1 unspecified atom stereocenters. The second-order valence-electron chi connectivity index (χ2n) is 4.23. The predicted octanol–water partition coefficient (Wildman–Crippen LogP) is 2.17. The second kappa shape index (κ2) is 6.38. The van der Waals surface area contributed by atoms with E-state index in [1.54, 1.807) is 11.3 Å². The topological polar surface area (TPSA) is 32.3 Å². The lowest BCUT2D eigenvalue weighted by atomic mass is 10.1. The standard InChI is InChI=1S/C12H18N2OS.ClH/c1-3-10-4-7-16-11(10)12(15)14-6-5-13-9(2)8-14;/h4,7,9,13H,3,5-6,8H2,1-2H3;1H. The van der Waals surface area contributed by atoms with E-state index in [0.717, 1.165) is 30.9 Å². The van der Waals surface area contributed by atoms with Crippen molar-refractivity contribution >= 4 is 29.7 Å². The zero-order valence-corrected chi connectivity index (χ0v) is 11.9. The summed E-state index contributed by atoms with van der Waals surface area (Å²) in [6.07, 6.45) is 0.937. The van der Waals surface area contributed by atoms with Crippen LogP contribution in [0.25, 0.3) is 0 Å². The number of halogens is 1. The molecule has 1 aromatic heterocycles. The molecule has 3 nitrogen and oxygen atoms in total. The molecular formula is C12H19ClN2OS. The van der Waals surface area contributed by atoms with Gasteiger partial charge in [-0.2, -0.15) is 0 Å². The van der Waals surface area contributed by atoms with Crippen LogP contribution in [-0.2, 0) is 6.42 Å². The molecule has 2 rings (SSSR count). The number of aryl methyl sites for hydroxylation is 1. The maximum atomic E-state index is 12.3. The Bertz CT molecular complexity index is 380. The summed E-state index contributed by atoms with van der Waals surface area (Å²) in [6.45, 7) is 6.76. The van der Waals surface area contributed by atoms with E-state index in [4.69, 9.17) is 0 Å². The SMILES string of the molecule is CCc1ccsc1C(=O)N1CCNC(C)C1.Cl. The molecule has 1 atom stereocenters. The molecule has 0 radical (unpaired) electrons. The molecule has 0 bridgehead atoms. The monoisotopic (exact) mass is 274 g/mol. The van der Waals surface area contributed by atoms with Crippen LogP contribution in [-0.4, -0.2) is 36.5 Å². The van der Waals surface area contributed by atoms with Crippen molar-refractivity contribution in [2.24, 2.45) is 0 Å². The number of rotatable bonds is 2. The number of hydrogen-bond donors (Lipinski definition) is 1. The van der Waals surface area contributed by atoms with Crippen molar-refractivity contribution in [2.75, 3.05) is 19.6 Å². The van der Waals surface area contributed by atoms with Crippen LogP contribution < -0.4 is 5.32 Å². The van der Waals surface area contributed by atoms with Crippen LogP contribution in [0.2, 0.25) is 0 Å². The van der Waals surface area contributed by atoms with Gasteiger partial charge in [0.15, 0.2) is 0 Å². The van der Waals surface area contributed by atoms with Gasteiger partial charge in [0.25, 0.3) is 5.91 Å². The molecule has 1 aromatic rings. The third kappa shape index (κ3) is 3.21. The van der Waals surface area contributed by atoms with Crippen LogP contribution >= 0.6 is 23.7 Å². The molecule has 17 heavy (non-hydrogen) atoms. The van der Waals surface area contributed by atoms with E-state index in [9.17, 15) is 4.79 Å². The highest BCUT2D eigenvalue weighted by molar-refractivity contribution is 7.12. The summed E-state index contributed by atoms with van der Waals surface area (Å²) in [6, 6.07) is 2.46. The van der Waals surface area contributed by atoms with Crippen LogP contribution in [0.3, 0.4) is 0 Å². The average molecular weight is 275 g/mol. The lowest BCUT2D eigenvalue weighted by molar-refractivity contribution is 0.0713. The molecule has 96 valence electrons. The van der Waals surface area contributed by atoms with Gasteiger partial charge in [-0.05, 0) is 30.4 Å². The first-order valence-electron chi connectivity index (χ1n) is 5.81. The van der Waals surface area contributed by atoms with E-state index in [2.05, 4.69) is 25.2 Å². The van der Waals surface area contributed by atoms with Crippen molar-refractivity contribution < 1.29 is 4.79 Å². The minimum Gasteiger partial charge on any atom is -0.335 e. The maximum absolute atomic E-state index is 12.3. The fourth-order valence-corrected chi connectivity index (χ4v) is 3.02. The van der Waals surface area contributed by atoms with Crippen LogP contribution in [0.4, 0.5) is 0 Å². The Labute approximate surface area is 113 Å². The van der Waals surface area contributed by atoms with Gasteiger partial charge in [-0.1, -0.05) is 6.92 Å². The highest BCUT2D eigenvalue weighted by atomic mass is 35.5. The number of amides is 1. The summed E-state index contributed by atoms with van der Waals surface area (Å²) in [5, 5.41) is 5.36. The molecule has 5 heteroatoms. The summed E-state index contributed by atoms with van der Waals surface area (Å²) in [5.41, 5.74) is 1.18. The summed E-state index contributed by atoms with van der Waals surface area (Å²) in [4.78, 5) is 15.2. The fraction of sp³-hybridized carbons (Fsp3) is 0.583. The predicted molar refractivity (Wildman–Crippen MR) is 74.3 cm³/mol. The molecule has 2 heterocycles. The molecule has 0 saturated carbocycles. The summed E-state index contributed by atoms with van der Waals surface area (Å²) < 4.78 is 0. The molecule has 1 saturated heterocycles. The van der Waals surface area contributed by atoms with Gasteiger partial charge >= 0.3 is 0 Å². The van der Waals surface area contributed by atoms with E-state index < -0.39 is 0 Å². The van der Waals surface area contributed by atoms with Crippen molar-refractivity contribution in [1.82, 2.24) is 10.2 Å². The van der Waals surface area contributed by atoms with Crippen LogP contribution in [0, 0.1) is 0 Å². The van der Waals surface area contributed by atoms with E-state index >= 15 is 0 Å². The lowest BCUT2D eigenvalue weighted by Crippen LogP contribution is -2.51. The number of hydrogen-bond acceptors (Lipinski definition) is 3. The van der Waals surface area contributed by atoms with Gasteiger partial charge in [0.05, 0.1) is 4.88 Å². The van der Waals surface area contributed by atoms with E-state index in [1.165, 1.54) is 5.56 Å². The van der Waals surface area contributed by atoms with Crippen LogP contribution in [0.5, 0.6) is 0 Å².